The van der Waals surface area contributed by atoms with Gasteiger partial charge in [-0.05, 0) is 42.8 Å². The van der Waals surface area contributed by atoms with Crippen molar-refractivity contribution in [3.8, 4) is 0 Å². The van der Waals surface area contributed by atoms with Crippen molar-refractivity contribution in [2.75, 3.05) is 0 Å². The minimum atomic E-state index is -0.470. The lowest BCUT2D eigenvalue weighted by molar-refractivity contribution is 0.199. The second kappa shape index (κ2) is 6.08. The molecule has 1 unspecified atom stereocenters. The van der Waals surface area contributed by atoms with E-state index in [0.717, 1.165) is 16.9 Å². The third-order valence-electron chi connectivity index (χ3n) is 2.74. The first-order chi connectivity index (χ1) is 9.11. The van der Waals surface area contributed by atoms with Gasteiger partial charge < -0.3 is 5.11 Å². The van der Waals surface area contributed by atoms with Crippen molar-refractivity contribution in [2.45, 2.75) is 43.0 Å². The Labute approximate surface area is 115 Å². The van der Waals surface area contributed by atoms with E-state index in [1.54, 1.807) is 11.5 Å². The SMILES string of the molecule is CCCn1c(Sc2ccc(C(C)O)cc2)n[nH]c1=O. The zero-order valence-corrected chi connectivity index (χ0v) is 11.8. The minimum Gasteiger partial charge on any atom is -0.389 e. The highest BCUT2D eigenvalue weighted by Gasteiger charge is 2.09. The third-order valence-corrected chi connectivity index (χ3v) is 3.74. The van der Waals surface area contributed by atoms with Crippen LogP contribution in [-0.4, -0.2) is 19.9 Å². The number of hydrogen-bond donors (Lipinski definition) is 2. The molecule has 0 aliphatic rings. The molecule has 0 radical (unpaired) electrons. The predicted molar refractivity (Wildman–Crippen MR) is 74.3 cm³/mol. The van der Waals surface area contributed by atoms with Crippen molar-refractivity contribution in [3.63, 3.8) is 0 Å². The highest BCUT2D eigenvalue weighted by Crippen LogP contribution is 2.26. The quantitative estimate of drug-likeness (QED) is 0.880. The lowest BCUT2D eigenvalue weighted by Crippen LogP contribution is -2.17. The van der Waals surface area contributed by atoms with Crippen molar-refractivity contribution in [3.05, 3.63) is 40.3 Å². The molecule has 2 aromatic rings. The van der Waals surface area contributed by atoms with Crippen LogP contribution in [-0.2, 0) is 6.54 Å². The van der Waals surface area contributed by atoms with E-state index in [1.807, 2.05) is 31.2 Å². The van der Waals surface area contributed by atoms with Crippen LogP contribution >= 0.6 is 11.8 Å². The summed E-state index contributed by atoms with van der Waals surface area (Å²) < 4.78 is 1.63. The van der Waals surface area contributed by atoms with Gasteiger partial charge in [-0.15, -0.1) is 5.10 Å². The van der Waals surface area contributed by atoms with Crippen LogP contribution in [0.15, 0.2) is 39.1 Å². The normalized spacial score (nSPS) is 12.6. The highest BCUT2D eigenvalue weighted by atomic mass is 32.2. The Morgan fingerprint density at radius 2 is 2.11 bits per heavy atom. The van der Waals surface area contributed by atoms with Gasteiger partial charge in [-0.3, -0.25) is 4.57 Å². The molecule has 1 heterocycles. The molecule has 0 bridgehead atoms. The van der Waals surface area contributed by atoms with E-state index in [4.69, 9.17) is 0 Å². The van der Waals surface area contributed by atoms with E-state index < -0.39 is 6.10 Å². The number of benzene rings is 1. The van der Waals surface area contributed by atoms with Crippen LogP contribution in [0.1, 0.15) is 31.9 Å². The van der Waals surface area contributed by atoms with Crippen molar-refractivity contribution >= 4 is 11.8 Å². The monoisotopic (exact) mass is 279 g/mol. The fourth-order valence-corrected chi connectivity index (χ4v) is 2.58. The molecule has 0 spiro atoms. The number of aliphatic hydroxyl groups is 1. The molecule has 0 saturated carbocycles. The van der Waals surface area contributed by atoms with Gasteiger partial charge in [-0.25, -0.2) is 9.89 Å². The summed E-state index contributed by atoms with van der Waals surface area (Å²) in [5.41, 5.74) is 0.697. The Bertz CT molecular complexity index is 587. The Morgan fingerprint density at radius 3 is 2.68 bits per heavy atom. The second-order valence-corrected chi connectivity index (χ2v) is 5.35. The molecule has 1 atom stereocenters. The molecule has 102 valence electrons. The van der Waals surface area contributed by atoms with E-state index in [9.17, 15) is 9.90 Å². The topological polar surface area (TPSA) is 70.9 Å². The van der Waals surface area contributed by atoms with Gasteiger partial charge in [0.15, 0.2) is 5.16 Å². The average molecular weight is 279 g/mol. The van der Waals surface area contributed by atoms with E-state index >= 15 is 0 Å². The van der Waals surface area contributed by atoms with Crippen LogP contribution in [0.3, 0.4) is 0 Å². The number of aliphatic hydroxyl groups excluding tert-OH is 1. The third kappa shape index (κ3) is 3.27. The summed E-state index contributed by atoms with van der Waals surface area (Å²) in [6.45, 7) is 4.41. The van der Waals surface area contributed by atoms with E-state index in [0.29, 0.717) is 11.7 Å². The zero-order valence-electron chi connectivity index (χ0n) is 11.0. The summed E-state index contributed by atoms with van der Waals surface area (Å²) in [7, 11) is 0. The number of hydrogen-bond acceptors (Lipinski definition) is 4. The molecule has 1 aromatic carbocycles. The lowest BCUT2D eigenvalue weighted by atomic mass is 10.1. The van der Waals surface area contributed by atoms with Gasteiger partial charge in [-0.1, -0.05) is 19.1 Å². The van der Waals surface area contributed by atoms with Gasteiger partial charge in [0.1, 0.15) is 0 Å². The maximum atomic E-state index is 11.6. The van der Waals surface area contributed by atoms with Crippen LogP contribution in [0.5, 0.6) is 0 Å². The van der Waals surface area contributed by atoms with Crippen molar-refractivity contribution < 1.29 is 5.11 Å². The largest absolute Gasteiger partial charge is 0.389 e. The number of nitrogens with one attached hydrogen (secondary N) is 1. The summed E-state index contributed by atoms with van der Waals surface area (Å²) in [6.07, 6.45) is 0.413. The number of aromatic amines is 1. The fraction of sp³-hybridized carbons (Fsp3) is 0.385. The number of nitrogens with zero attached hydrogens (tertiary/aromatic N) is 2. The molecule has 0 amide bonds. The number of aromatic nitrogens is 3. The molecule has 0 aliphatic carbocycles. The van der Waals surface area contributed by atoms with Gasteiger partial charge in [0.05, 0.1) is 6.10 Å². The van der Waals surface area contributed by atoms with E-state index in [2.05, 4.69) is 10.2 Å². The maximum Gasteiger partial charge on any atom is 0.343 e. The van der Waals surface area contributed by atoms with Crippen molar-refractivity contribution in [1.29, 1.82) is 0 Å². The Kier molecular flexibility index (Phi) is 4.44. The van der Waals surface area contributed by atoms with E-state index in [1.165, 1.54) is 11.8 Å². The van der Waals surface area contributed by atoms with Gasteiger partial charge >= 0.3 is 5.69 Å². The Morgan fingerprint density at radius 1 is 1.42 bits per heavy atom. The predicted octanol–water partition coefficient (Wildman–Crippen LogP) is 2.19. The standard InChI is InChI=1S/C13H17N3O2S/c1-3-8-16-12(18)14-15-13(16)19-11-6-4-10(5-7-11)9(2)17/h4-7,9,17H,3,8H2,1-2H3,(H,14,18). The van der Waals surface area contributed by atoms with Gasteiger partial charge in [-0.2, -0.15) is 0 Å². The zero-order chi connectivity index (χ0) is 13.8. The first-order valence-corrected chi connectivity index (χ1v) is 7.04. The fourth-order valence-electron chi connectivity index (χ4n) is 1.72. The summed E-state index contributed by atoms with van der Waals surface area (Å²) in [4.78, 5) is 12.5. The summed E-state index contributed by atoms with van der Waals surface area (Å²) >= 11 is 1.43. The van der Waals surface area contributed by atoms with Crippen LogP contribution in [0.25, 0.3) is 0 Å². The Balaban J connectivity index is 2.19. The summed E-state index contributed by atoms with van der Waals surface area (Å²) in [6, 6.07) is 7.59. The van der Waals surface area contributed by atoms with Crippen molar-refractivity contribution in [2.24, 2.45) is 0 Å². The molecule has 1 aromatic heterocycles. The van der Waals surface area contributed by atoms with E-state index in [-0.39, 0.29) is 5.69 Å². The average Bonchev–Trinajstić information content (AvgIpc) is 2.73. The minimum absolute atomic E-state index is 0.176. The molecule has 19 heavy (non-hydrogen) atoms. The summed E-state index contributed by atoms with van der Waals surface area (Å²) in [5, 5.41) is 16.6. The summed E-state index contributed by atoms with van der Waals surface area (Å²) in [5.74, 6) is 0. The number of H-pyrrole nitrogens is 1. The van der Waals surface area contributed by atoms with Crippen LogP contribution in [0, 0.1) is 0 Å². The molecule has 2 N–H and O–H groups in total. The van der Waals surface area contributed by atoms with Crippen LogP contribution < -0.4 is 5.69 Å². The smallest absolute Gasteiger partial charge is 0.343 e. The lowest BCUT2D eigenvalue weighted by Gasteiger charge is -2.06. The first-order valence-electron chi connectivity index (χ1n) is 6.23. The molecule has 2 rings (SSSR count). The first kappa shape index (κ1) is 13.9. The number of rotatable bonds is 5. The van der Waals surface area contributed by atoms with Gasteiger partial charge in [0.25, 0.3) is 0 Å². The molecular formula is C13H17N3O2S. The molecule has 6 heteroatoms. The highest BCUT2D eigenvalue weighted by molar-refractivity contribution is 7.99. The van der Waals surface area contributed by atoms with Crippen molar-refractivity contribution in [1.82, 2.24) is 14.8 Å². The maximum absolute atomic E-state index is 11.6. The molecule has 0 saturated heterocycles. The van der Waals surface area contributed by atoms with Gasteiger partial charge in [0.2, 0.25) is 0 Å². The molecular weight excluding hydrogens is 262 g/mol. The molecule has 0 fully saturated rings. The van der Waals surface area contributed by atoms with Crippen LogP contribution in [0.2, 0.25) is 0 Å². The second-order valence-electron chi connectivity index (χ2n) is 4.31. The Hall–Kier alpha value is -1.53. The van der Waals surface area contributed by atoms with Crippen LogP contribution in [0.4, 0.5) is 0 Å². The van der Waals surface area contributed by atoms with Gasteiger partial charge in [0, 0.05) is 11.4 Å². The molecule has 0 aliphatic heterocycles. The molecule has 5 nitrogen and oxygen atoms in total.